The van der Waals surface area contributed by atoms with E-state index in [1.807, 2.05) is 39.0 Å². The summed E-state index contributed by atoms with van der Waals surface area (Å²) in [5.41, 5.74) is 1.22. The Morgan fingerprint density at radius 1 is 1.33 bits per heavy atom. The average Bonchev–Trinajstić information content (AvgIpc) is 2.67. The van der Waals surface area contributed by atoms with E-state index in [0.29, 0.717) is 9.93 Å². The van der Waals surface area contributed by atoms with E-state index in [2.05, 4.69) is 31.9 Å². The van der Waals surface area contributed by atoms with Crippen LogP contribution in [0.2, 0.25) is 0 Å². The second-order valence-electron chi connectivity index (χ2n) is 5.60. The van der Waals surface area contributed by atoms with Crippen LogP contribution < -0.4 is 4.74 Å². The Labute approximate surface area is 140 Å². The number of hydrogen-bond acceptors (Lipinski definition) is 3. The van der Waals surface area contributed by atoms with Crippen molar-refractivity contribution in [2.45, 2.75) is 31.7 Å². The summed E-state index contributed by atoms with van der Waals surface area (Å²) in [6, 6.07) is 5.60. The lowest BCUT2D eigenvalue weighted by Gasteiger charge is -2.20. The zero-order chi connectivity index (χ0) is 15.8. The lowest BCUT2D eigenvalue weighted by atomic mass is 10.2. The topological polar surface area (TPSA) is 40.5 Å². The predicted octanol–water partition coefficient (Wildman–Crippen LogP) is 5.09. The van der Waals surface area contributed by atoms with Crippen LogP contribution in [0.3, 0.4) is 0 Å². The molecule has 0 saturated heterocycles. The predicted molar refractivity (Wildman–Crippen MR) is 90.5 cm³/mol. The summed E-state index contributed by atoms with van der Waals surface area (Å²) < 4.78 is 13.0. The molecule has 2 aromatic rings. The van der Waals surface area contributed by atoms with Crippen molar-refractivity contribution in [3.63, 3.8) is 0 Å². The number of nitrogens with zero attached hydrogens (tertiary/aromatic N) is 1. The van der Waals surface area contributed by atoms with Crippen molar-refractivity contribution in [2.24, 2.45) is 0 Å². The summed E-state index contributed by atoms with van der Waals surface area (Å²) in [5.74, 6) is 0.749. The second-order valence-corrected chi connectivity index (χ2v) is 6.91. The van der Waals surface area contributed by atoms with Gasteiger partial charge in [0.15, 0.2) is 0 Å². The molecule has 0 aliphatic rings. The highest BCUT2D eigenvalue weighted by molar-refractivity contribution is 9.10. The molecule has 1 aromatic heterocycles. The molecule has 1 aromatic carbocycles. The number of rotatable bonds is 2. The third kappa shape index (κ3) is 3.26. The van der Waals surface area contributed by atoms with Gasteiger partial charge in [-0.05, 0) is 54.9 Å². The number of aromatic nitrogens is 1. The molecule has 0 amide bonds. The Hall–Kier alpha value is -1.01. The molecule has 0 fully saturated rings. The zero-order valence-electron chi connectivity index (χ0n) is 12.4. The van der Waals surface area contributed by atoms with E-state index in [1.54, 1.807) is 7.11 Å². The Morgan fingerprint density at radius 3 is 2.52 bits per heavy atom. The fraction of sp³-hybridized carbons (Fsp3) is 0.400. The van der Waals surface area contributed by atoms with Gasteiger partial charge in [-0.3, -0.25) is 0 Å². The number of carbonyl (C=O) groups is 1. The van der Waals surface area contributed by atoms with Crippen LogP contribution in [-0.2, 0) is 10.1 Å². The molecule has 0 N–H and O–H groups in total. The van der Waals surface area contributed by atoms with Crippen LogP contribution in [0.5, 0.6) is 5.75 Å². The molecule has 114 valence electrons. The summed E-state index contributed by atoms with van der Waals surface area (Å²) in [6.07, 6.45) is -0.406. The van der Waals surface area contributed by atoms with E-state index in [9.17, 15) is 4.79 Å². The maximum absolute atomic E-state index is 12.4. The van der Waals surface area contributed by atoms with Gasteiger partial charge in [0, 0.05) is 16.3 Å². The molecule has 2 rings (SSSR count). The van der Waals surface area contributed by atoms with Gasteiger partial charge in [-0.15, -0.1) is 0 Å². The van der Waals surface area contributed by atoms with E-state index < -0.39 is 11.7 Å². The van der Waals surface area contributed by atoms with Gasteiger partial charge in [0.2, 0.25) is 0 Å². The number of alkyl halides is 1. The second kappa shape index (κ2) is 6.01. The van der Waals surface area contributed by atoms with Crippen molar-refractivity contribution in [2.75, 3.05) is 7.11 Å². The largest absolute Gasteiger partial charge is 0.497 e. The fourth-order valence-corrected chi connectivity index (χ4v) is 3.68. The van der Waals surface area contributed by atoms with Crippen molar-refractivity contribution < 1.29 is 14.3 Å². The Balaban J connectivity index is 2.64. The molecule has 0 saturated carbocycles. The Kier molecular flexibility index (Phi) is 4.68. The van der Waals surface area contributed by atoms with Crippen LogP contribution in [0, 0.1) is 0 Å². The Bertz CT molecular complexity index is 686. The van der Waals surface area contributed by atoms with Crippen molar-refractivity contribution >= 4 is 48.9 Å². The fourth-order valence-electron chi connectivity index (χ4n) is 2.04. The average molecular weight is 419 g/mol. The molecule has 0 bridgehead atoms. The van der Waals surface area contributed by atoms with E-state index in [4.69, 9.17) is 9.47 Å². The number of ether oxygens (including phenoxy) is 2. The molecular formula is C15H17Br2NO3. The van der Waals surface area contributed by atoms with Crippen LogP contribution in [0.1, 0.15) is 26.3 Å². The molecule has 4 nitrogen and oxygen atoms in total. The van der Waals surface area contributed by atoms with Gasteiger partial charge in [-0.1, -0.05) is 15.9 Å². The number of fused-ring (bicyclic) bond motifs is 1. The molecule has 0 atom stereocenters. The molecule has 0 spiro atoms. The first-order chi connectivity index (χ1) is 9.78. The molecule has 0 radical (unpaired) electrons. The normalized spacial score (nSPS) is 11.7. The van der Waals surface area contributed by atoms with E-state index in [1.165, 1.54) is 4.57 Å². The minimum Gasteiger partial charge on any atom is -0.497 e. The molecular weight excluding hydrogens is 402 g/mol. The summed E-state index contributed by atoms with van der Waals surface area (Å²) in [6.45, 7) is 5.54. The third-order valence-electron chi connectivity index (χ3n) is 2.92. The maximum atomic E-state index is 12.4. The smallest absolute Gasteiger partial charge is 0.419 e. The molecule has 1 heterocycles. The SMILES string of the molecule is COc1ccc2c(c1)c(CBr)c(Br)n2C(=O)OC(C)(C)C. The number of benzene rings is 1. The first kappa shape index (κ1) is 16.4. The first-order valence-corrected chi connectivity index (χ1v) is 8.36. The van der Waals surface area contributed by atoms with Gasteiger partial charge in [0.25, 0.3) is 0 Å². The molecule has 21 heavy (non-hydrogen) atoms. The molecule has 6 heteroatoms. The standard InChI is InChI=1S/C15H17Br2NO3/c1-15(2,3)21-14(19)18-12-6-5-9(20-4)7-10(12)11(8-16)13(18)17/h5-7H,8H2,1-4H3. The lowest BCUT2D eigenvalue weighted by Crippen LogP contribution is -2.27. The van der Waals surface area contributed by atoms with Gasteiger partial charge in [-0.25, -0.2) is 9.36 Å². The van der Waals surface area contributed by atoms with Crippen molar-refractivity contribution in [3.8, 4) is 5.75 Å². The quantitative estimate of drug-likeness (QED) is 0.637. The highest BCUT2D eigenvalue weighted by Gasteiger charge is 2.24. The van der Waals surface area contributed by atoms with E-state index >= 15 is 0 Å². The van der Waals surface area contributed by atoms with Crippen LogP contribution in [-0.4, -0.2) is 23.4 Å². The number of carbonyl (C=O) groups excluding carboxylic acids is 1. The van der Waals surface area contributed by atoms with Gasteiger partial charge < -0.3 is 9.47 Å². The summed E-state index contributed by atoms with van der Waals surface area (Å²) in [7, 11) is 1.62. The zero-order valence-corrected chi connectivity index (χ0v) is 15.5. The van der Waals surface area contributed by atoms with Gasteiger partial charge in [-0.2, -0.15) is 0 Å². The molecule has 0 aliphatic carbocycles. The minimum absolute atomic E-state index is 0.406. The monoisotopic (exact) mass is 417 g/mol. The summed E-state index contributed by atoms with van der Waals surface area (Å²) in [5, 5.41) is 1.57. The van der Waals surface area contributed by atoms with Crippen molar-refractivity contribution in [3.05, 3.63) is 28.4 Å². The number of methoxy groups -OCH3 is 1. The first-order valence-electron chi connectivity index (χ1n) is 6.44. The van der Waals surface area contributed by atoms with Crippen molar-refractivity contribution in [1.29, 1.82) is 0 Å². The highest BCUT2D eigenvalue weighted by Crippen LogP contribution is 2.34. The van der Waals surface area contributed by atoms with Crippen LogP contribution in [0.4, 0.5) is 4.79 Å². The summed E-state index contributed by atoms with van der Waals surface area (Å²) in [4.78, 5) is 12.4. The summed E-state index contributed by atoms with van der Waals surface area (Å²) >= 11 is 6.96. The molecule has 0 aliphatic heterocycles. The van der Waals surface area contributed by atoms with Crippen LogP contribution in [0.25, 0.3) is 10.9 Å². The van der Waals surface area contributed by atoms with Crippen LogP contribution >= 0.6 is 31.9 Å². The third-order valence-corrected chi connectivity index (χ3v) is 4.32. The highest BCUT2D eigenvalue weighted by atomic mass is 79.9. The van der Waals surface area contributed by atoms with Crippen molar-refractivity contribution in [1.82, 2.24) is 4.57 Å². The number of halogens is 2. The van der Waals surface area contributed by atoms with E-state index in [0.717, 1.165) is 22.2 Å². The molecule has 0 unspecified atom stereocenters. The van der Waals surface area contributed by atoms with Gasteiger partial charge in [0.05, 0.1) is 12.6 Å². The maximum Gasteiger partial charge on any atom is 0.419 e. The van der Waals surface area contributed by atoms with Crippen LogP contribution in [0.15, 0.2) is 22.8 Å². The lowest BCUT2D eigenvalue weighted by molar-refractivity contribution is 0.0541. The van der Waals surface area contributed by atoms with Gasteiger partial charge in [0.1, 0.15) is 16.0 Å². The van der Waals surface area contributed by atoms with E-state index in [-0.39, 0.29) is 0 Å². The number of hydrogen-bond donors (Lipinski definition) is 0. The van der Waals surface area contributed by atoms with Gasteiger partial charge >= 0.3 is 6.09 Å². The minimum atomic E-state index is -0.547. The Morgan fingerprint density at radius 2 is 2.00 bits per heavy atom.